The molecule has 1 aliphatic heterocycles. The first kappa shape index (κ1) is 12.0. The number of hydrogen-bond acceptors (Lipinski definition) is 3. The van der Waals surface area contributed by atoms with Crippen molar-refractivity contribution in [1.29, 1.82) is 0 Å². The number of carbonyl (C=O) groups is 3. The standard InChI is InChI=1S/C13H12N2O3/c16-11(7-6-9-4-2-1-3-5-9)14-10-8-12(17)15-13(10)18/h1-7,10H,8H2,(H,14,16)(H,15,17,18)/b7-6+. The highest BCUT2D eigenvalue weighted by Crippen LogP contribution is 2.03. The lowest BCUT2D eigenvalue weighted by Crippen LogP contribution is -2.39. The fraction of sp³-hybridized carbons (Fsp3) is 0.154. The molecular formula is C13H12N2O3. The van der Waals surface area contributed by atoms with Crippen LogP contribution in [0.5, 0.6) is 0 Å². The number of nitrogens with one attached hydrogen (secondary N) is 2. The third-order valence-corrected chi connectivity index (χ3v) is 2.51. The highest BCUT2D eigenvalue weighted by molar-refractivity contribution is 6.07. The monoisotopic (exact) mass is 244 g/mol. The Morgan fingerprint density at radius 2 is 2.00 bits per heavy atom. The first-order valence-corrected chi connectivity index (χ1v) is 5.52. The predicted molar refractivity (Wildman–Crippen MR) is 65.2 cm³/mol. The number of rotatable bonds is 3. The summed E-state index contributed by atoms with van der Waals surface area (Å²) in [4.78, 5) is 33.7. The van der Waals surface area contributed by atoms with Gasteiger partial charge in [-0.1, -0.05) is 30.3 Å². The van der Waals surface area contributed by atoms with Crippen LogP contribution in [0.2, 0.25) is 0 Å². The van der Waals surface area contributed by atoms with Gasteiger partial charge >= 0.3 is 0 Å². The molecule has 2 rings (SSSR count). The molecular weight excluding hydrogens is 232 g/mol. The lowest BCUT2D eigenvalue weighted by molar-refractivity contribution is -0.127. The number of benzene rings is 1. The molecule has 18 heavy (non-hydrogen) atoms. The fourth-order valence-electron chi connectivity index (χ4n) is 1.63. The molecule has 3 amide bonds. The molecule has 2 N–H and O–H groups in total. The Bertz CT molecular complexity index is 508. The van der Waals surface area contributed by atoms with Crippen molar-refractivity contribution in [2.45, 2.75) is 12.5 Å². The van der Waals surface area contributed by atoms with E-state index in [1.165, 1.54) is 6.08 Å². The van der Waals surface area contributed by atoms with E-state index in [0.717, 1.165) is 5.56 Å². The minimum absolute atomic E-state index is 0.00372. The minimum Gasteiger partial charge on any atom is -0.340 e. The van der Waals surface area contributed by atoms with E-state index in [2.05, 4.69) is 10.6 Å². The van der Waals surface area contributed by atoms with Crippen LogP contribution in [0.4, 0.5) is 0 Å². The summed E-state index contributed by atoms with van der Waals surface area (Å²) >= 11 is 0. The van der Waals surface area contributed by atoms with Gasteiger partial charge in [0.05, 0.1) is 6.42 Å². The summed E-state index contributed by atoms with van der Waals surface area (Å²) < 4.78 is 0. The lowest BCUT2D eigenvalue weighted by atomic mass is 10.2. The topological polar surface area (TPSA) is 75.3 Å². The quantitative estimate of drug-likeness (QED) is 0.590. The number of carbonyl (C=O) groups excluding carboxylic acids is 3. The molecule has 1 aromatic rings. The van der Waals surface area contributed by atoms with Crippen LogP contribution >= 0.6 is 0 Å². The van der Waals surface area contributed by atoms with Crippen LogP contribution < -0.4 is 10.6 Å². The maximum atomic E-state index is 11.5. The molecule has 92 valence electrons. The van der Waals surface area contributed by atoms with E-state index in [9.17, 15) is 14.4 Å². The van der Waals surface area contributed by atoms with Crippen molar-refractivity contribution in [3.8, 4) is 0 Å². The van der Waals surface area contributed by atoms with Gasteiger partial charge in [0, 0.05) is 6.08 Å². The number of hydrogen-bond donors (Lipinski definition) is 2. The van der Waals surface area contributed by atoms with Crippen LogP contribution in [-0.2, 0) is 14.4 Å². The molecule has 1 aromatic carbocycles. The molecule has 5 nitrogen and oxygen atoms in total. The Hall–Kier alpha value is -2.43. The molecule has 5 heteroatoms. The number of imide groups is 1. The van der Waals surface area contributed by atoms with E-state index < -0.39 is 17.9 Å². The summed E-state index contributed by atoms with van der Waals surface area (Å²) in [5.41, 5.74) is 0.889. The van der Waals surface area contributed by atoms with E-state index in [-0.39, 0.29) is 12.3 Å². The largest absolute Gasteiger partial charge is 0.340 e. The van der Waals surface area contributed by atoms with E-state index in [1.807, 2.05) is 30.3 Å². The van der Waals surface area contributed by atoms with Gasteiger partial charge in [0.1, 0.15) is 6.04 Å². The SMILES string of the molecule is O=C(/C=C/c1ccccc1)NC1CC(=O)NC1=O. The zero-order valence-corrected chi connectivity index (χ0v) is 9.55. The maximum absolute atomic E-state index is 11.5. The van der Waals surface area contributed by atoms with E-state index in [0.29, 0.717) is 0 Å². The molecule has 0 aromatic heterocycles. The molecule has 0 aliphatic carbocycles. The zero-order valence-electron chi connectivity index (χ0n) is 9.55. The zero-order chi connectivity index (χ0) is 13.0. The van der Waals surface area contributed by atoms with Gasteiger partial charge in [-0.2, -0.15) is 0 Å². The van der Waals surface area contributed by atoms with Gasteiger partial charge in [-0.15, -0.1) is 0 Å². The van der Waals surface area contributed by atoms with Gasteiger partial charge in [-0.25, -0.2) is 0 Å². The average Bonchev–Trinajstić information content (AvgIpc) is 2.67. The summed E-state index contributed by atoms with van der Waals surface area (Å²) in [6.45, 7) is 0. The minimum atomic E-state index is -0.759. The van der Waals surface area contributed by atoms with Gasteiger partial charge in [-0.3, -0.25) is 19.7 Å². The third-order valence-electron chi connectivity index (χ3n) is 2.51. The highest BCUT2D eigenvalue weighted by Gasteiger charge is 2.30. The van der Waals surface area contributed by atoms with Crippen molar-refractivity contribution in [2.24, 2.45) is 0 Å². The van der Waals surface area contributed by atoms with Crippen LogP contribution in [0.3, 0.4) is 0 Å². The fourth-order valence-corrected chi connectivity index (χ4v) is 1.63. The molecule has 1 atom stereocenters. The Kier molecular flexibility index (Phi) is 3.52. The van der Waals surface area contributed by atoms with E-state index in [4.69, 9.17) is 0 Å². The van der Waals surface area contributed by atoms with Gasteiger partial charge in [-0.05, 0) is 11.6 Å². The van der Waals surface area contributed by atoms with Crippen LogP contribution in [-0.4, -0.2) is 23.8 Å². The molecule has 1 heterocycles. The second kappa shape index (κ2) is 5.27. The molecule has 0 radical (unpaired) electrons. The smallest absolute Gasteiger partial charge is 0.249 e. The Morgan fingerprint density at radius 1 is 1.28 bits per heavy atom. The van der Waals surface area contributed by atoms with Gasteiger partial charge in [0.25, 0.3) is 0 Å². The van der Waals surface area contributed by atoms with Gasteiger partial charge < -0.3 is 5.32 Å². The molecule has 0 bridgehead atoms. The van der Waals surface area contributed by atoms with Crippen molar-refractivity contribution in [3.63, 3.8) is 0 Å². The molecule has 0 saturated carbocycles. The van der Waals surface area contributed by atoms with Crippen molar-refractivity contribution >= 4 is 23.8 Å². The lowest BCUT2D eigenvalue weighted by Gasteiger charge is -2.05. The van der Waals surface area contributed by atoms with Gasteiger partial charge in [0.2, 0.25) is 17.7 Å². The Labute approximate surface area is 104 Å². The summed E-state index contributed by atoms with van der Waals surface area (Å²) in [5.74, 6) is -1.22. The first-order chi connectivity index (χ1) is 8.65. The van der Waals surface area contributed by atoms with Crippen molar-refractivity contribution in [1.82, 2.24) is 10.6 Å². The molecule has 1 saturated heterocycles. The molecule has 1 fully saturated rings. The van der Waals surface area contributed by atoms with Crippen LogP contribution in [0.25, 0.3) is 6.08 Å². The third kappa shape index (κ3) is 3.04. The van der Waals surface area contributed by atoms with Crippen molar-refractivity contribution in [3.05, 3.63) is 42.0 Å². The van der Waals surface area contributed by atoms with E-state index in [1.54, 1.807) is 6.08 Å². The highest BCUT2D eigenvalue weighted by atomic mass is 16.2. The molecule has 0 spiro atoms. The Morgan fingerprint density at radius 3 is 2.61 bits per heavy atom. The summed E-state index contributed by atoms with van der Waals surface area (Å²) in [7, 11) is 0. The first-order valence-electron chi connectivity index (χ1n) is 5.52. The normalized spacial score (nSPS) is 19.0. The molecule has 1 unspecified atom stereocenters. The summed E-state index contributed by atoms with van der Waals surface area (Å²) in [6, 6.07) is 8.56. The second-order valence-corrected chi connectivity index (χ2v) is 3.92. The number of amides is 3. The van der Waals surface area contributed by atoms with E-state index >= 15 is 0 Å². The van der Waals surface area contributed by atoms with Crippen LogP contribution in [0, 0.1) is 0 Å². The second-order valence-electron chi connectivity index (χ2n) is 3.92. The van der Waals surface area contributed by atoms with Crippen molar-refractivity contribution < 1.29 is 14.4 Å². The summed E-state index contributed by atoms with van der Waals surface area (Å²) in [6.07, 6.45) is 2.99. The van der Waals surface area contributed by atoms with Crippen molar-refractivity contribution in [2.75, 3.05) is 0 Å². The van der Waals surface area contributed by atoms with Crippen LogP contribution in [0.1, 0.15) is 12.0 Å². The Balaban J connectivity index is 1.91. The molecule has 1 aliphatic rings. The average molecular weight is 244 g/mol. The maximum Gasteiger partial charge on any atom is 0.249 e. The summed E-state index contributed by atoms with van der Waals surface area (Å²) in [5, 5.41) is 4.60. The van der Waals surface area contributed by atoms with Crippen LogP contribution in [0.15, 0.2) is 36.4 Å². The predicted octanol–water partition coefficient (Wildman–Crippen LogP) is 0.231. The van der Waals surface area contributed by atoms with Gasteiger partial charge in [0.15, 0.2) is 0 Å².